The molecule has 1 aromatic carbocycles. The molecular weight excluding hydrogens is 198 g/mol. The Labute approximate surface area is 97.1 Å². The fourth-order valence-corrected chi connectivity index (χ4v) is 2.02. The molecule has 2 heteroatoms. The van der Waals surface area contributed by atoms with Crippen LogP contribution in [0, 0.1) is 5.92 Å². The van der Waals surface area contributed by atoms with Crippen LogP contribution in [0.15, 0.2) is 30.3 Å². The van der Waals surface area contributed by atoms with E-state index in [4.69, 9.17) is 0 Å². The average Bonchev–Trinajstić information content (AvgIpc) is 2.96. The summed E-state index contributed by atoms with van der Waals surface area (Å²) in [6.45, 7) is 6.06. The summed E-state index contributed by atoms with van der Waals surface area (Å²) in [5.41, 5.74) is 1.16. The fraction of sp³-hybridized carbons (Fsp3) is 0.500. The fourth-order valence-electron chi connectivity index (χ4n) is 2.02. The van der Waals surface area contributed by atoms with Gasteiger partial charge in [-0.3, -0.25) is 4.79 Å². The molecule has 2 atom stereocenters. The van der Waals surface area contributed by atoms with E-state index in [1.54, 1.807) is 0 Å². The molecule has 0 heterocycles. The molecule has 0 aliphatic heterocycles. The highest BCUT2D eigenvalue weighted by Gasteiger charge is 2.44. The Kier molecular flexibility index (Phi) is 2.75. The first kappa shape index (κ1) is 11.2. The molecule has 86 valence electrons. The smallest absolute Gasteiger partial charge is 0.224 e. The second kappa shape index (κ2) is 3.93. The SMILES string of the molecule is CC(C)(C)NC(=O)[C@H]1C[C@@H]1c1ccccc1. The molecule has 1 aliphatic rings. The summed E-state index contributed by atoms with van der Waals surface area (Å²) in [5.74, 6) is 0.812. The molecule has 0 unspecified atom stereocenters. The molecule has 1 aliphatic carbocycles. The van der Waals surface area contributed by atoms with Crippen LogP contribution in [-0.2, 0) is 4.79 Å². The maximum absolute atomic E-state index is 11.9. The Hall–Kier alpha value is -1.31. The maximum atomic E-state index is 11.9. The van der Waals surface area contributed by atoms with E-state index in [2.05, 4.69) is 17.4 Å². The van der Waals surface area contributed by atoms with Crippen LogP contribution in [-0.4, -0.2) is 11.4 Å². The topological polar surface area (TPSA) is 29.1 Å². The van der Waals surface area contributed by atoms with E-state index in [1.165, 1.54) is 5.56 Å². The summed E-state index contributed by atoms with van der Waals surface area (Å²) in [4.78, 5) is 11.9. The number of nitrogens with one attached hydrogen (secondary N) is 1. The molecule has 0 bridgehead atoms. The van der Waals surface area contributed by atoms with E-state index < -0.39 is 0 Å². The van der Waals surface area contributed by atoms with Gasteiger partial charge in [-0.25, -0.2) is 0 Å². The van der Waals surface area contributed by atoms with Gasteiger partial charge in [-0.1, -0.05) is 30.3 Å². The predicted octanol–water partition coefficient (Wildman–Crippen LogP) is 2.70. The second-order valence-corrected chi connectivity index (χ2v) is 5.60. The molecule has 1 N–H and O–H groups in total. The number of hydrogen-bond donors (Lipinski definition) is 1. The lowest BCUT2D eigenvalue weighted by atomic mass is 10.1. The first-order valence-corrected chi connectivity index (χ1v) is 5.84. The molecule has 2 nitrogen and oxygen atoms in total. The zero-order valence-corrected chi connectivity index (χ0v) is 10.2. The molecule has 1 amide bonds. The zero-order chi connectivity index (χ0) is 11.8. The lowest BCUT2D eigenvalue weighted by Gasteiger charge is -2.20. The Balaban J connectivity index is 1.95. The normalized spacial score (nSPS) is 23.9. The van der Waals surface area contributed by atoms with Crippen molar-refractivity contribution < 1.29 is 4.79 Å². The first-order valence-electron chi connectivity index (χ1n) is 5.84. The highest BCUT2D eigenvalue weighted by atomic mass is 16.2. The van der Waals surface area contributed by atoms with Crippen LogP contribution in [0.4, 0.5) is 0 Å². The minimum Gasteiger partial charge on any atom is -0.351 e. The van der Waals surface area contributed by atoms with Crippen LogP contribution in [0.3, 0.4) is 0 Å². The third-order valence-electron chi connectivity index (χ3n) is 2.85. The van der Waals surface area contributed by atoms with Crippen molar-refractivity contribution in [1.82, 2.24) is 5.32 Å². The summed E-state index contributed by atoms with van der Waals surface area (Å²) < 4.78 is 0. The monoisotopic (exact) mass is 217 g/mol. The molecule has 2 rings (SSSR count). The number of carbonyl (C=O) groups is 1. The third kappa shape index (κ3) is 2.63. The molecule has 0 saturated heterocycles. The molecule has 1 aromatic rings. The Morgan fingerprint density at radius 1 is 1.25 bits per heavy atom. The second-order valence-electron chi connectivity index (χ2n) is 5.60. The van der Waals surface area contributed by atoms with Crippen molar-refractivity contribution in [3.8, 4) is 0 Å². The van der Waals surface area contributed by atoms with E-state index in [0.29, 0.717) is 5.92 Å². The van der Waals surface area contributed by atoms with E-state index >= 15 is 0 Å². The van der Waals surface area contributed by atoms with Gasteiger partial charge in [0.2, 0.25) is 5.91 Å². The molecule has 0 spiro atoms. The average molecular weight is 217 g/mol. The highest BCUT2D eigenvalue weighted by Crippen LogP contribution is 2.47. The van der Waals surface area contributed by atoms with Gasteiger partial charge in [-0.2, -0.15) is 0 Å². The first-order chi connectivity index (χ1) is 7.47. The van der Waals surface area contributed by atoms with Crippen LogP contribution < -0.4 is 5.32 Å². The van der Waals surface area contributed by atoms with Gasteiger partial charge < -0.3 is 5.32 Å². The standard InChI is InChI=1S/C14H19NO/c1-14(2,3)15-13(16)12-9-11(12)10-7-5-4-6-8-10/h4-8,11-12H,9H2,1-3H3,(H,15,16)/t11-,12+/m1/s1. The van der Waals surface area contributed by atoms with Gasteiger partial charge in [0.05, 0.1) is 0 Å². The lowest BCUT2D eigenvalue weighted by molar-refractivity contribution is -0.123. The van der Waals surface area contributed by atoms with Crippen LogP contribution in [0.5, 0.6) is 0 Å². The molecule has 1 fully saturated rings. The van der Waals surface area contributed by atoms with Crippen molar-refractivity contribution in [2.75, 3.05) is 0 Å². The summed E-state index contributed by atoms with van der Waals surface area (Å²) in [6.07, 6.45) is 0.992. The number of benzene rings is 1. The molecular formula is C14H19NO. The third-order valence-corrected chi connectivity index (χ3v) is 2.85. The molecule has 0 radical (unpaired) electrons. The lowest BCUT2D eigenvalue weighted by Crippen LogP contribution is -2.41. The van der Waals surface area contributed by atoms with E-state index in [0.717, 1.165) is 6.42 Å². The van der Waals surface area contributed by atoms with Gasteiger partial charge in [0.25, 0.3) is 0 Å². The Bertz CT molecular complexity index is 377. The number of rotatable bonds is 2. The summed E-state index contributed by atoms with van der Waals surface area (Å²) in [7, 11) is 0. The predicted molar refractivity (Wildman–Crippen MR) is 65.2 cm³/mol. The van der Waals surface area contributed by atoms with Gasteiger partial charge in [-0.05, 0) is 38.7 Å². The van der Waals surface area contributed by atoms with Crippen molar-refractivity contribution in [3.05, 3.63) is 35.9 Å². The Morgan fingerprint density at radius 2 is 1.88 bits per heavy atom. The van der Waals surface area contributed by atoms with Gasteiger partial charge in [0, 0.05) is 11.5 Å². The molecule has 16 heavy (non-hydrogen) atoms. The van der Waals surface area contributed by atoms with Gasteiger partial charge in [0.15, 0.2) is 0 Å². The van der Waals surface area contributed by atoms with E-state index in [1.807, 2.05) is 39.0 Å². The van der Waals surface area contributed by atoms with Crippen LogP contribution in [0.1, 0.15) is 38.7 Å². The maximum Gasteiger partial charge on any atom is 0.224 e. The quantitative estimate of drug-likeness (QED) is 0.810. The van der Waals surface area contributed by atoms with Gasteiger partial charge in [0.1, 0.15) is 0 Å². The minimum atomic E-state index is -0.124. The van der Waals surface area contributed by atoms with Crippen molar-refractivity contribution in [1.29, 1.82) is 0 Å². The van der Waals surface area contributed by atoms with Gasteiger partial charge >= 0.3 is 0 Å². The largest absolute Gasteiger partial charge is 0.351 e. The highest BCUT2D eigenvalue weighted by molar-refractivity contribution is 5.83. The van der Waals surface area contributed by atoms with Crippen LogP contribution in [0.25, 0.3) is 0 Å². The zero-order valence-electron chi connectivity index (χ0n) is 10.2. The summed E-state index contributed by atoms with van der Waals surface area (Å²) in [5, 5.41) is 3.04. The Morgan fingerprint density at radius 3 is 2.44 bits per heavy atom. The van der Waals surface area contributed by atoms with E-state index in [9.17, 15) is 4.79 Å². The number of hydrogen-bond acceptors (Lipinski definition) is 1. The van der Waals surface area contributed by atoms with Crippen molar-refractivity contribution >= 4 is 5.91 Å². The van der Waals surface area contributed by atoms with Crippen LogP contribution in [0.2, 0.25) is 0 Å². The van der Waals surface area contributed by atoms with Crippen LogP contribution >= 0.6 is 0 Å². The minimum absolute atomic E-state index is 0.124. The van der Waals surface area contributed by atoms with Gasteiger partial charge in [-0.15, -0.1) is 0 Å². The van der Waals surface area contributed by atoms with Crippen molar-refractivity contribution in [2.45, 2.75) is 38.6 Å². The summed E-state index contributed by atoms with van der Waals surface area (Å²) >= 11 is 0. The number of carbonyl (C=O) groups excluding carboxylic acids is 1. The molecule has 1 saturated carbocycles. The van der Waals surface area contributed by atoms with Crippen molar-refractivity contribution in [2.24, 2.45) is 5.92 Å². The van der Waals surface area contributed by atoms with Crippen molar-refractivity contribution in [3.63, 3.8) is 0 Å². The molecule has 0 aromatic heterocycles. The summed E-state index contributed by atoms with van der Waals surface area (Å²) in [6, 6.07) is 10.3. The van der Waals surface area contributed by atoms with E-state index in [-0.39, 0.29) is 17.4 Å². The number of amides is 1.